The maximum atomic E-state index is 6.24. The van der Waals surface area contributed by atoms with Gasteiger partial charge in [0.2, 0.25) is 0 Å². The van der Waals surface area contributed by atoms with Crippen molar-refractivity contribution in [1.29, 1.82) is 0 Å². The minimum Gasteiger partial charge on any atom is -0.119 e. The highest BCUT2D eigenvalue weighted by Crippen LogP contribution is 2.65. The van der Waals surface area contributed by atoms with Crippen LogP contribution in [0.15, 0.2) is 10.6 Å². The lowest BCUT2D eigenvalue weighted by molar-refractivity contribution is 0.347. The van der Waals surface area contributed by atoms with E-state index in [0.29, 0.717) is 5.03 Å². The first-order valence-electron chi connectivity index (χ1n) is 4.01. The maximum absolute atomic E-state index is 6.24. The fourth-order valence-electron chi connectivity index (χ4n) is 1.17. The van der Waals surface area contributed by atoms with Crippen molar-refractivity contribution in [3.05, 3.63) is 10.6 Å². The molecule has 0 heterocycles. The number of halogens is 4. The van der Waals surface area contributed by atoms with E-state index in [0.717, 1.165) is 5.57 Å². The van der Waals surface area contributed by atoms with E-state index in [2.05, 4.69) is 0 Å². The van der Waals surface area contributed by atoms with Crippen LogP contribution in [0.25, 0.3) is 0 Å². The Balaban J connectivity index is 2.99. The standard InChI is InChI=1S/C9H12Cl4/c1-7(2,8(3,4)11)5-6(10)9(5,12)13/h1-4H3. The van der Waals surface area contributed by atoms with Crippen LogP contribution in [0.3, 0.4) is 0 Å². The second-order valence-electron chi connectivity index (χ2n) is 4.36. The van der Waals surface area contributed by atoms with Crippen LogP contribution in [-0.4, -0.2) is 9.21 Å². The van der Waals surface area contributed by atoms with Crippen molar-refractivity contribution >= 4 is 46.4 Å². The van der Waals surface area contributed by atoms with Crippen molar-refractivity contribution in [3.8, 4) is 0 Å². The summed E-state index contributed by atoms with van der Waals surface area (Å²) in [5, 5.41) is 0.523. The van der Waals surface area contributed by atoms with E-state index in [9.17, 15) is 0 Å². The Morgan fingerprint density at radius 1 is 1.08 bits per heavy atom. The van der Waals surface area contributed by atoms with Gasteiger partial charge >= 0.3 is 0 Å². The normalized spacial score (nSPS) is 22.2. The smallest absolute Gasteiger partial charge is 0.119 e. The predicted octanol–water partition coefficient (Wildman–Crippen LogP) is 4.71. The van der Waals surface area contributed by atoms with Crippen molar-refractivity contribution in [1.82, 2.24) is 0 Å². The van der Waals surface area contributed by atoms with Gasteiger partial charge in [0.1, 0.15) is 0 Å². The molecule has 0 radical (unpaired) electrons. The Kier molecular flexibility index (Phi) is 2.71. The number of hydrogen-bond donors (Lipinski definition) is 0. The first kappa shape index (κ1) is 12.0. The van der Waals surface area contributed by atoms with E-state index in [1.54, 1.807) is 0 Å². The molecule has 0 aromatic carbocycles. The molecule has 0 aliphatic heterocycles. The first-order chi connectivity index (χ1) is 5.53. The Morgan fingerprint density at radius 3 is 1.46 bits per heavy atom. The van der Waals surface area contributed by atoms with Crippen LogP contribution >= 0.6 is 46.4 Å². The van der Waals surface area contributed by atoms with Crippen molar-refractivity contribution in [2.45, 2.75) is 36.9 Å². The molecular weight excluding hydrogens is 250 g/mol. The Morgan fingerprint density at radius 2 is 1.38 bits per heavy atom. The molecule has 0 aromatic rings. The summed E-state index contributed by atoms with van der Waals surface area (Å²) in [6, 6.07) is 0. The Bertz CT molecular complexity index is 268. The third-order valence-electron chi connectivity index (χ3n) is 2.86. The van der Waals surface area contributed by atoms with E-state index < -0.39 is 9.21 Å². The fraction of sp³-hybridized carbons (Fsp3) is 0.778. The van der Waals surface area contributed by atoms with Crippen LogP contribution in [0.2, 0.25) is 0 Å². The van der Waals surface area contributed by atoms with Gasteiger partial charge in [-0.3, -0.25) is 0 Å². The molecule has 0 saturated carbocycles. The molecule has 0 nitrogen and oxygen atoms in total. The topological polar surface area (TPSA) is 0 Å². The molecule has 0 amide bonds. The van der Waals surface area contributed by atoms with Gasteiger partial charge in [-0.1, -0.05) is 48.7 Å². The van der Waals surface area contributed by atoms with Crippen molar-refractivity contribution in [3.63, 3.8) is 0 Å². The van der Waals surface area contributed by atoms with E-state index in [4.69, 9.17) is 46.4 Å². The highest BCUT2D eigenvalue weighted by atomic mass is 35.5. The van der Waals surface area contributed by atoms with Crippen LogP contribution in [0.4, 0.5) is 0 Å². The molecule has 76 valence electrons. The summed E-state index contributed by atoms with van der Waals surface area (Å²) in [5.74, 6) is 0. The summed E-state index contributed by atoms with van der Waals surface area (Å²) in [4.78, 5) is -0.423. The summed E-state index contributed by atoms with van der Waals surface area (Å²) in [5.41, 5.74) is 0.541. The fourth-order valence-corrected chi connectivity index (χ4v) is 2.55. The number of allylic oxidation sites excluding steroid dienone is 2. The zero-order valence-corrected chi connectivity index (χ0v) is 11.0. The lowest BCUT2D eigenvalue weighted by Gasteiger charge is -2.35. The Hall–Kier alpha value is 0.900. The minimum absolute atomic E-state index is 0.296. The third kappa shape index (κ3) is 1.71. The average molecular weight is 262 g/mol. The van der Waals surface area contributed by atoms with Gasteiger partial charge in [-0.05, 0) is 19.4 Å². The van der Waals surface area contributed by atoms with E-state index in [1.807, 2.05) is 27.7 Å². The molecule has 0 atom stereocenters. The van der Waals surface area contributed by atoms with Gasteiger partial charge in [-0.15, -0.1) is 11.6 Å². The number of rotatable bonds is 2. The average Bonchev–Trinajstić information content (AvgIpc) is 2.29. The van der Waals surface area contributed by atoms with Gasteiger partial charge in [0, 0.05) is 10.3 Å². The monoisotopic (exact) mass is 260 g/mol. The van der Waals surface area contributed by atoms with Crippen LogP contribution in [-0.2, 0) is 0 Å². The summed E-state index contributed by atoms with van der Waals surface area (Å²) < 4.78 is -0.975. The summed E-state index contributed by atoms with van der Waals surface area (Å²) >= 11 is 24.0. The second-order valence-corrected chi connectivity index (χ2v) is 7.01. The molecule has 1 aliphatic rings. The van der Waals surface area contributed by atoms with E-state index in [1.165, 1.54) is 0 Å². The highest BCUT2D eigenvalue weighted by Gasteiger charge is 2.60. The molecule has 1 rings (SSSR count). The molecule has 1 aliphatic carbocycles. The van der Waals surface area contributed by atoms with E-state index >= 15 is 0 Å². The summed E-state index contributed by atoms with van der Waals surface area (Å²) in [6.45, 7) is 7.83. The molecular formula is C9H12Cl4. The molecule has 0 saturated heterocycles. The van der Waals surface area contributed by atoms with E-state index in [-0.39, 0.29) is 5.41 Å². The third-order valence-corrected chi connectivity index (χ3v) is 4.75. The quantitative estimate of drug-likeness (QED) is 0.632. The minimum atomic E-state index is -0.975. The lowest BCUT2D eigenvalue weighted by Crippen LogP contribution is -2.34. The largest absolute Gasteiger partial charge is 0.176 e. The molecule has 0 N–H and O–H groups in total. The van der Waals surface area contributed by atoms with Gasteiger partial charge in [0.15, 0.2) is 4.33 Å². The van der Waals surface area contributed by atoms with Crippen molar-refractivity contribution in [2.24, 2.45) is 5.41 Å². The molecule has 0 aromatic heterocycles. The maximum Gasteiger partial charge on any atom is 0.176 e. The molecule has 13 heavy (non-hydrogen) atoms. The number of alkyl halides is 3. The van der Waals surface area contributed by atoms with Gasteiger partial charge < -0.3 is 0 Å². The van der Waals surface area contributed by atoms with Crippen molar-refractivity contribution in [2.75, 3.05) is 0 Å². The SMILES string of the molecule is CC(C)(Cl)C(C)(C)C1=C(Cl)C1(Cl)Cl. The molecule has 0 spiro atoms. The van der Waals surface area contributed by atoms with Crippen LogP contribution < -0.4 is 0 Å². The summed E-state index contributed by atoms with van der Waals surface area (Å²) in [7, 11) is 0. The Labute approximate surface area is 99.2 Å². The first-order valence-corrected chi connectivity index (χ1v) is 5.52. The number of hydrogen-bond acceptors (Lipinski definition) is 0. The van der Waals surface area contributed by atoms with Gasteiger partial charge in [-0.2, -0.15) is 0 Å². The van der Waals surface area contributed by atoms with Crippen LogP contribution in [0.5, 0.6) is 0 Å². The van der Waals surface area contributed by atoms with Gasteiger partial charge in [-0.25, -0.2) is 0 Å². The van der Waals surface area contributed by atoms with Crippen molar-refractivity contribution < 1.29 is 0 Å². The predicted molar refractivity (Wildman–Crippen MR) is 61.0 cm³/mol. The zero-order valence-electron chi connectivity index (χ0n) is 8.01. The van der Waals surface area contributed by atoms with Gasteiger partial charge in [0.05, 0.1) is 5.03 Å². The summed E-state index contributed by atoms with van der Waals surface area (Å²) in [6.07, 6.45) is 0. The zero-order chi connectivity index (χ0) is 10.7. The molecule has 0 unspecified atom stereocenters. The second kappa shape index (κ2) is 2.95. The van der Waals surface area contributed by atoms with Crippen LogP contribution in [0, 0.1) is 5.41 Å². The highest BCUT2D eigenvalue weighted by molar-refractivity contribution is 6.63. The van der Waals surface area contributed by atoms with Crippen LogP contribution in [0.1, 0.15) is 27.7 Å². The molecule has 4 heteroatoms. The molecule has 0 bridgehead atoms. The molecule has 0 fully saturated rings. The van der Waals surface area contributed by atoms with Gasteiger partial charge in [0.25, 0.3) is 0 Å². The lowest BCUT2D eigenvalue weighted by atomic mass is 9.78.